The highest BCUT2D eigenvalue weighted by Gasteiger charge is 2.10. The van der Waals surface area contributed by atoms with Crippen LogP contribution < -0.4 is 10.6 Å². The smallest absolute Gasteiger partial charge is 0.228 e. The number of aromatic nitrogens is 4. The van der Waals surface area contributed by atoms with Gasteiger partial charge in [-0.1, -0.05) is 0 Å². The van der Waals surface area contributed by atoms with Crippen molar-refractivity contribution >= 4 is 11.9 Å². The van der Waals surface area contributed by atoms with Crippen molar-refractivity contribution < 1.29 is 0 Å². The Hall–Kier alpha value is -1.98. The second-order valence-corrected chi connectivity index (χ2v) is 4.26. The third-order valence-corrected chi connectivity index (χ3v) is 2.84. The lowest BCUT2D eigenvalue weighted by molar-refractivity contribution is 0.786. The lowest BCUT2D eigenvalue weighted by atomic mass is 10.3. The molecule has 0 unspecified atom stereocenters. The SMILES string of the molecule is Cc1ccc(CCN(C)c2nnc(N)n2C)[nH]1. The third kappa shape index (κ3) is 2.41. The molecule has 0 aliphatic heterocycles. The molecule has 0 amide bonds. The lowest BCUT2D eigenvalue weighted by Gasteiger charge is -2.16. The Kier molecular flexibility index (Phi) is 3.03. The third-order valence-electron chi connectivity index (χ3n) is 2.84. The second-order valence-electron chi connectivity index (χ2n) is 4.26. The van der Waals surface area contributed by atoms with Gasteiger partial charge in [-0.15, -0.1) is 10.2 Å². The summed E-state index contributed by atoms with van der Waals surface area (Å²) in [5.74, 6) is 1.22. The molecule has 2 aromatic rings. The second kappa shape index (κ2) is 4.48. The zero-order chi connectivity index (χ0) is 12.4. The lowest BCUT2D eigenvalue weighted by Crippen LogP contribution is -2.23. The first kappa shape index (κ1) is 11.5. The summed E-state index contributed by atoms with van der Waals surface area (Å²) in [6.07, 6.45) is 0.942. The summed E-state index contributed by atoms with van der Waals surface area (Å²) in [6, 6.07) is 4.18. The molecule has 0 aliphatic rings. The van der Waals surface area contributed by atoms with E-state index >= 15 is 0 Å². The molecule has 3 N–H and O–H groups in total. The molecule has 0 fully saturated rings. The van der Waals surface area contributed by atoms with Gasteiger partial charge in [0.2, 0.25) is 11.9 Å². The van der Waals surface area contributed by atoms with Gasteiger partial charge in [-0.05, 0) is 19.1 Å². The average molecular weight is 234 g/mol. The van der Waals surface area contributed by atoms with Crippen LogP contribution in [0.2, 0.25) is 0 Å². The van der Waals surface area contributed by atoms with Gasteiger partial charge in [-0.3, -0.25) is 4.57 Å². The monoisotopic (exact) mass is 234 g/mol. The van der Waals surface area contributed by atoms with E-state index in [9.17, 15) is 0 Å². The van der Waals surface area contributed by atoms with Gasteiger partial charge >= 0.3 is 0 Å². The zero-order valence-electron chi connectivity index (χ0n) is 10.4. The minimum Gasteiger partial charge on any atom is -0.368 e. The summed E-state index contributed by atoms with van der Waals surface area (Å²) in [6.45, 7) is 2.92. The van der Waals surface area contributed by atoms with Crippen LogP contribution in [0.15, 0.2) is 12.1 Å². The van der Waals surface area contributed by atoms with E-state index in [0.717, 1.165) is 18.9 Å². The number of hydrogen-bond donors (Lipinski definition) is 2. The fraction of sp³-hybridized carbons (Fsp3) is 0.455. The van der Waals surface area contributed by atoms with Crippen LogP contribution >= 0.6 is 0 Å². The number of nitrogen functional groups attached to an aromatic ring is 1. The Labute approximate surface area is 100 Å². The number of aromatic amines is 1. The van der Waals surface area contributed by atoms with Gasteiger partial charge in [0.25, 0.3) is 0 Å². The number of nitrogens with two attached hydrogens (primary N) is 1. The molecule has 6 nitrogen and oxygen atoms in total. The average Bonchev–Trinajstić information content (AvgIpc) is 2.84. The van der Waals surface area contributed by atoms with Crippen molar-refractivity contribution in [3.63, 3.8) is 0 Å². The molecule has 0 saturated heterocycles. The Morgan fingerprint density at radius 3 is 2.71 bits per heavy atom. The van der Waals surface area contributed by atoms with Crippen LogP contribution in [0.4, 0.5) is 11.9 Å². The van der Waals surface area contributed by atoms with Crippen molar-refractivity contribution in [1.29, 1.82) is 0 Å². The van der Waals surface area contributed by atoms with E-state index in [1.165, 1.54) is 11.4 Å². The largest absolute Gasteiger partial charge is 0.368 e. The number of nitrogens with one attached hydrogen (secondary N) is 1. The van der Waals surface area contributed by atoms with E-state index in [2.05, 4.69) is 34.2 Å². The van der Waals surface area contributed by atoms with Crippen molar-refractivity contribution in [2.45, 2.75) is 13.3 Å². The van der Waals surface area contributed by atoms with E-state index in [4.69, 9.17) is 5.73 Å². The van der Waals surface area contributed by atoms with E-state index in [1.807, 2.05) is 19.0 Å². The van der Waals surface area contributed by atoms with Crippen LogP contribution in [0.25, 0.3) is 0 Å². The van der Waals surface area contributed by atoms with Gasteiger partial charge in [0, 0.05) is 38.4 Å². The van der Waals surface area contributed by atoms with Crippen LogP contribution in [0.1, 0.15) is 11.4 Å². The van der Waals surface area contributed by atoms with Crippen LogP contribution in [-0.4, -0.2) is 33.3 Å². The Morgan fingerprint density at radius 2 is 2.18 bits per heavy atom. The van der Waals surface area contributed by atoms with E-state index in [0.29, 0.717) is 5.95 Å². The van der Waals surface area contributed by atoms with E-state index in [1.54, 1.807) is 4.57 Å². The summed E-state index contributed by atoms with van der Waals surface area (Å²) in [5, 5.41) is 7.87. The van der Waals surface area contributed by atoms with Crippen molar-refractivity contribution in [1.82, 2.24) is 19.7 Å². The minimum absolute atomic E-state index is 0.433. The molecule has 17 heavy (non-hydrogen) atoms. The normalized spacial score (nSPS) is 10.8. The standard InChI is InChI=1S/C11H18N6/c1-8-4-5-9(13-8)6-7-16(2)11-15-14-10(12)17(11)3/h4-5,13H,6-7H2,1-3H3,(H2,12,14). The summed E-state index contributed by atoms with van der Waals surface area (Å²) in [5.41, 5.74) is 8.06. The number of anilines is 2. The highest BCUT2D eigenvalue weighted by Crippen LogP contribution is 2.11. The van der Waals surface area contributed by atoms with Gasteiger partial charge < -0.3 is 15.6 Å². The van der Waals surface area contributed by atoms with Crippen LogP contribution in [0, 0.1) is 6.92 Å². The first-order valence-corrected chi connectivity index (χ1v) is 5.58. The highest BCUT2D eigenvalue weighted by atomic mass is 15.4. The Bertz CT molecular complexity index is 498. The predicted octanol–water partition coefficient (Wildman–Crippen LogP) is 0.713. The quantitative estimate of drug-likeness (QED) is 0.817. The molecule has 92 valence electrons. The van der Waals surface area contributed by atoms with Gasteiger partial charge in [0.15, 0.2) is 0 Å². The molecule has 0 radical (unpaired) electrons. The number of H-pyrrole nitrogens is 1. The fourth-order valence-electron chi connectivity index (χ4n) is 1.76. The number of rotatable bonds is 4. The zero-order valence-corrected chi connectivity index (χ0v) is 10.4. The van der Waals surface area contributed by atoms with Gasteiger partial charge in [0.05, 0.1) is 0 Å². The molecule has 2 rings (SSSR count). The number of hydrogen-bond acceptors (Lipinski definition) is 4. The molecule has 0 aromatic carbocycles. The Balaban J connectivity index is 1.98. The van der Waals surface area contributed by atoms with Crippen molar-refractivity contribution in [2.75, 3.05) is 24.2 Å². The molecule has 0 atom stereocenters. The molecule has 0 spiro atoms. The van der Waals surface area contributed by atoms with Crippen LogP contribution in [0.5, 0.6) is 0 Å². The minimum atomic E-state index is 0.433. The molecule has 0 saturated carbocycles. The molecule has 0 aliphatic carbocycles. The van der Waals surface area contributed by atoms with Crippen molar-refractivity contribution in [2.24, 2.45) is 7.05 Å². The molecule has 0 bridgehead atoms. The summed E-state index contributed by atoms with van der Waals surface area (Å²) in [4.78, 5) is 5.35. The number of aryl methyl sites for hydroxylation is 1. The van der Waals surface area contributed by atoms with E-state index < -0.39 is 0 Å². The van der Waals surface area contributed by atoms with Crippen molar-refractivity contribution in [3.8, 4) is 0 Å². The maximum Gasteiger partial charge on any atom is 0.228 e. The summed E-state index contributed by atoms with van der Waals surface area (Å²) < 4.78 is 1.78. The molecule has 2 heterocycles. The maximum absolute atomic E-state index is 5.65. The highest BCUT2D eigenvalue weighted by molar-refractivity contribution is 5.35. The van der Waals surface area contributed by atoms with Gasteiger partial charge in [-0.2, -0.15) is 0 Å². The van der Waals surface area contributed by atoms with Crippen LogP contribution in [0.3, 0.4) is 0 Å². The number of likely N-dealkylation sites (N-methyl/N-ethyl adjacent to an activating group) is 1. The van der Waals surface area contributed by atoms with Crippen LogP contribution in [-0.2, 0) is 13.5 Å². The Morgan fingerprint density at radius 1 is 1.41 bits per heavy atom. The van der Waals surface area contributed by atoms with Gasteiger partial charge in [0.1, 0.15) is 0 Å². The first-order chi connectivity index (χ1) is 8.08. The molecule has 6 heteroatoms. The fourth-order valence-corrected chi connectivity index (χ4v) is 1.76. The van der Waals surface area contributed by atoms with Gasteiger partial charge in [-0.25, -0.2) is 0 Å². The van der Waals surface area contributed by atoms with E-state index in [-0.39, 0.29) is 0 Å². The first-order valence-electron chi connectivity index (χ1n) is 5.58. The molecular weight excluding hydrogens is 216 g/mol. The molecule has 2 aromatic heterocycles. The summed E-state index contributed by atoms with van der Waals surface area (Å²) in [7, 11) is 3.85. The number of nitrogens with zero attached hydrogens (tertiary/aromatic N) is 4. The molecular formula is C11H18N6. The van der Waals surface area contributed by atoms with Crippen molar-refractivity contribution in [3.05, 3.63) is 23.5 Å². The predicted molar refractivity (Wildman–Crippen MR) is 67.9 cm³/mol. The maximum atomic E-state index is 5.65. The summed E-state index contributed by atoms with van der Waals surface area (Å²) >= 11 is 0. The topological polar surface area (TPSA) is 75.8 Å².